The summed E-state index contributed by atoms with van der Waals surface area (Å²) >= 11 is 0. The molecule has 3 heteroatoms. The standard InChI is InChI=1S/C12H17NO2/c14-12(15)11-6-7-13(9-11)8-10-4-2-1-3-5-10/h1-5,11-12,14-15H,6-9H2/t11-/m0/s1. The third-order valence-corrected chi connectivity index (χ3v) is 2.98. The third-order valence-electron chi connectivity index (χ3n) is 2.98. The van der Waals surface area contributed by atoms with Crippen LogP contribution in [0.2, 0.25) is 0 Å². The van der Waals surface area contributed by atoms with Gasteiger partial charge in [-0.2, -0.15) is 0 Å². The van der Waals surface area contributed by atoms with Gasteiger partial charge in [-0.3, -0.25) is 4.90 Å². The minimum Gasteiger partial charge on any atom is -0.368 e. The fourth-order valence-corrected chi connectivity index (χ4v) is 2.09. The molecule has 0 aliphatic carbocycles. The molecule has 1 aromatic rings. The SMILES string of the molecule is OC(O)[C@H]1CCN(Cc2ccccc2)C1. The monoisotopic (exact) mass is 207 g/mol. The number of aliphatic hydroxyl groups is 2. The summed E-state index contributed by atoms with van der Waals surface area (Å²) in [5.41, 5.74) is 1.28. The van der Waals surface area contributed by atoms with Crippen molar-refractivity contribution in [1.29, 1.82) is 0 Å². The summed E-state index contributed by atoms with van der Waals surface area (Å²) in [6, 6.07) is 10.3. The molecule has 1 fully saturated rings. The maximum atomic E-state index is 9.06. The van der Waals surface area contributed by atoms with E-state index in [4.69, 9.17) is 10.2 Å². The fourth-order valence-electron chi connectivity index (χ4n) is 2.09. The Kier molecular flexibility index (Phi) is 3.36. The Morgan fingerprint density at radius 2 is 2.00 bits per heavy atom. The van der Waals surface area contributed by atoms with Crippen LogP contribution in [0.15, 0.2) is 30.3 Å². The van der Waals surface area contributed by atoms with E-state index in [1.807, 2.05) is 18.2 Å². The average Bonchev–Trinajstić information content (AvgIpc) is 2.68. The van der Waals surface area contributed by atoms with E-state index in [-0.39, 0.29) is 5.92 Å². The van der Waals surface area contributed by atoms with Gasteiger partial charge < -0.3 is 10.2 Å². The van der Waals surface area contributed by atoms with Crippen molar-refractivity contribution < 1.29 is 10.2 Å². The highest BCUT2D eigenvalue weighted by Crippen LogP contribution is 2.20. The first-order valence-corrected chi connectivity index (χ1v) is 5.38. The molecule has 3 nitrogen and oxygen atoms in total. The Hall–Kier alpha value is -0.900. The summed E-state index contributed by atoms with van der Waals surface area (Å²) in [6.45, 7) is 2.65. The van der Waals surface area contributed by atoms with Gasteiger partial charge in [-0.1, -0.05) is 30.3 Å². The number of hydrogen-bond acceptors (Lipinski definition) is 3. The van der Waals surface area contributed by atoms with Crippen LogP contribution in [0.5, 0.6) is 0 Å². The molecule has 0 spiro atoms. The maximum Gasteiger partial charge on any atom is 0.155 e. The average molecular weight is 207 g/mol. The van der Waals surface area contributed by atoms with Crippen molar-refractivity contribution in [2.75, 3.05) is 13.1 Å². The maximum absolute atomic E-state index is 9.06. The van der Waals surface area contributed by atoms with Crippen LogP contribution >= 0.6 is 0 Å². The van der Waals surface area contributed by atoms with E-state index >= 15 is 0 Å². The molecule has 1 atom stereocenters. The van der Waals surface area contributed by atoms with Crippen molar-refractivity contribution in [2.24, 2.45) is 5.92 Å². The van der Waals surface area contributed by atoms with E-state index < -0.39 is 6.29 Å². The molecule has 0 amide bonds. The first-order valence-electron chi connectivity index (χ1n) is 5.38. The number of benzene rings is 1. The molecular formula is C12H17NO2. The number of hydrogen-bond donors (Lipinski definition) is 2. The number of likely N-dealkylation sites (tertiary alicyclic amines) is 1. The molecule has 82 valence electrons. The van der Waals surface area contributed by atoms with Crippen LogP contribution < -0.4 is 0 Å². The van der Waals surface area contributed by atoms with Crippen LogP contribution in [0.3, 0.4) is 0 Å². The van der Waals surface area contributed by atoms with Crippen LogP contribution in [0.4, 0.5) is 0 Å². The Bertz CT molecular complexity index is 300. The highest BCUT2D eigenvalue weighted by Gasteiger charge is 2.26. The van der Waals surface area contributed by atoms with Gasteiger partial charge in [0.1, 0.15) is 0 Å². The highest BCUT2D eigenvalue weighted by atomic mass is 16.5. The summed E-state index contributed by atoms with van der Waals surface area (Å²) in [5.74, 6) is 0.0220. The quantitative estimate of drug-likeness (QED) is 0.721. The predicted octanol–water partition coefficient (Wildman–Crippen LogP) is 0.819. The van der Waals surface area contributed by atoms with Gasteiger partial charge >= 0.3 is 0 Å². The normalized spacial score (nSPS) is 22.5. The summed E-state index contributed by atoms with van der Waals surface area (Å²) in [4.78, 5) is 2.26. The molecule has 1 heterocycles. The zero-order valence-corrected chi connectivity index (χ0v) is 8.71. The third kappa shape index (κ3) is 2.78. The predicted molar refractivity (Wildman–Crippen MR) is 58.1 cm³/mol. The number of aliphatic hydroxyl groups excluding tert-OH is 1. The molecule has 1 aliphatic heterocycles. The van der Waals surface area contributed by atoms with Gasteiger partial charge in [0.25, 0.3) is 0 Å². The van der Waals surface area contributed by atoms with Crippen LogP contribution in [0, 0.1) is 5.92 Å². The summed E-state index contributed by atoms with van der Waals surface area (Å²) < 4.78 is 0. The van der Waals surface area contributed by atoms with Crippen LogP contribution in [0.25, 0.3) is 0 Å². The van der Waals surface area contributed by atoms with Gasteiger partial charge in [0.05, 0.1) is 0 Å². The topological polar surface area (TPSA) is 43.7 Å². The van der Waals surface area contributed by atoms with E-state index in [0.717, 1.165) is 26.1 Å². The Balaban J connectivity index is 1.88. The second kappa shape index (κ2) is 4.75. The molecule has 2 N–H and O–H groups in total. The van der Waals surface area contributed by atoms with Crippen molar-refractivity contribution in [3.05, 3.63) is 35.9 Å². The number of rotatable bonds is 3. The van der Waals surface area contributed by atoms with Crippen molar-refractivity contribution in [2.45, 2.75) is 19.3 Å². The Morgan fingerprint density at radius 1 is 1.27 bits per heavy atom. The minimum atomic E-state index is -1.16. The lowest BCUT2D eigenvalue weighted by Gasteiger charge is -2.16. The Morgan fingerprint density at radius 3 is 2.60 bits per heavy atom. The Labute approximate surface area is 90.0 Å². The van der Waals surface area contributed by atoms with Crippen molar-refractivity contribution in [3.8, 4) is 0 Å². The van der Waals surface area contributed by atoms with Gasteiger partial charge in [0.15, 0.2) is 6.29 Å². The van der Waals surface area contributed by atoms with Gasteiger partial charge in [0.2, 0.25) is 0 Å². The van der Waals surface area contributed by atoms with Gasteiger partial charge in [0, 0.05) is 19.0 Å². The smallest absolute Gasteiger partial charge is 0.155 e. The summed E-state index contributed by atoms with van der Waals surface area (Å²) in [7, 11) is 0. The molecule has 0 unspecified atom stereocenters. The lowest BCUT2D eigenvalue weighted by Crippen LogP contribution is -2.25. The second-order valence-corrected chi connectivity index (χ2v) is 4.18. The van der Waals surface area contributed by atoms with Gasteiger partial charge in [-0.15, -0.1) is 0 Å². The van der Waals surface area contributed by atoms with Gasteiger partial charge in [-0.05, 0) is 18.5 Å². The van der Waals surface area contributed by atoms with E-state index in [2.05, 4.69) is 17.0 Å². The van der Waals surface area contributed by atoms with E-state index in [1.54, 1.807) is 0 Å². The molecule has 0 radical (unpaired) electrons. The first-order chi connectivity index (χ1) is 7.25. The molecule has 2 rings (SSSR count). The molecule has 0 saturated carbocycles. The van der Waals surface area contributed by atoms with E-state index in [9.17, 15) is 0 Å². The molecule has 0 bridgehead atoms. The highest BCUT2D eigenvalue weighted by molar-refractivity contribution is 5.14. The van der Waals surface area contributed by atoms with Gasteiger partial charge in [-0.25, -0.2) is 0 Å². The lowest BCUT2D eigenvalue weighted by atomic mass is 10.1. The molecule has 1 aromatic carbocycles. The van der Waals surface area contributed by atoms with Crippen molar-refractivity contribution >= 4 is 0 Å². The minimum absolute atomic E-state index is 0.0220. The fraction of sp³-hybridized carbons (Fsp3) is 0.500. The molecule has 0 aromatic heterocycles. The molecule has 15 heavy (non-hydrogen) atoms. The van der Waals surface area contributed by atoms with Crippen molar-refractivity contribution in [3.63, 3.8) is 0 Å². The second-order valence-electron chi connectivity index (χ2n) is 4.18. The first kappa shape index (κ1) is 10.6. The summed E-state index contributed by atoms with van der Waals surface area (Å²) in [6.07, 6.45) is -0.282. The number of nitrogens with zero attached hydrogens (tertiary/aromatic N) is 1. The van der Waals surface area contributed by atoms with E-state index in [0.29, 0.717) is 0 Å². The molecular weight excluding hydrogens is 190 g/mol. The molecule has 1 saturated heterocycles. The lowest BCUT2D eigenvalue weighted by molar-refractivity contribution is -0.0801. The van der Waals surface area contributed by atoms with E-state index in [1.165, 1.54) is 5.56 Å². The zero-order valence-electron chi connectivity index (χ0n) is 8.71. The molecule has 1 aliphatic rings. The van der Waals surface area contributed by atoms with Crippen LogP contribution in [0.1, 0.15) is 12.0 Å². The van der Waals surface area contributed by atoms with Crippen molar-refractivity contribution in [1.82, 2.24) is 4.90 Å². The zero-order chi connectivity index (χ0) is 10.7. The van der Waals surface area contributed by atoms with Crippen LogP contribution in [-0.2, 0) is 6.54 Å². The summed E-state index contributed by atoms with van der Waals surface area (Å²) in [5, 5.41) is 18.1. The van der Waals surface area contributed by atoms with Crippen LogP contribution in [-0.4, -0.2) is 34.5 Å². The largest absolute Gasteiger partial charge is 0.368 e.